The van der Waals surface area contributed by atoms with Crippen molar-refractivity contribution in [2.75, 3.05) is 47.8 Å². The molecule has 0 radical (unpaired) electrons. The molecule has 0 spiro atoms. The molecule has 0 aromatic heterocycles. The quantitative estimate of drug-likeness (QED) is 0.235. The second-order valence-electron chi connectivity index (χ2n) is 7.28. The number of unbranched alkanes of at least 4 members (excludes halogenated alkanes) is 2. The van der Waals surface area contributed by atoms with E-state index < -0.39 is 31.1 Å². The van der Waals surface area contributed by atoms with E-state index in [4.69, 9.17) is 39.6 Å². The molecule has 0 bridgehead atoms. The molecular formula is C14H38N2O11S3. The van der Waals surface area contributed by atoms with E-state index in [1.807, 2.05) is 0 Å². The maximum Gasteiger partial charge on any atom is 0.432 e. The Morgan fingerprint density at radius 3 is 1.00 bits per heavy atom. The number of quaternary nitrogens is 2. The van der Waals surface area contributed by atoms with Crippen LogP contribution in [0, 0.1) is 0 Å². The van der Waals surface area contributed by atoms with Crippen LogP contribution in [0.4, 0.5) is 0 Å². The van der Waals surface area contributed by atoms with Crippen molar-refractivity contribution in [1.82, 2.24) is 0 Å². The van der Waals surface area contributed by atoms with Crippen LogP contribution < -0.4 is 0 Å². The highest BCUT2D eigenvalue weighted by Gasteiger charge is 2.27. The summed E-state index contributed by atoms with van der Waals surface area (Å²) in [6.07, 6.45) is 5.40. The monoisotopic (exact) mass is 506 g/mol. The summed E-state index contributed by atoms with van der Waals surface area (Å²) in [4.78, 5) is 0. The largest absolute Gasteiger partial charge is 0.726 e. The number of nitrogens with zero attached hydrogens (tertiary/aromatic N) is 2. The molecule has 0 aromatic rings. The van der Waals surface area contributed by atoms with E-state index in [-0.39, 0.29) is 3.89 Å². The van der Waals surface area contributed by atoms with Crippen LogP contribution in [-0.4, -0.2) is 104 Å². The topological polar surface area (TPSA) is 209 Å². The Morgan fingerprint density at radius 1 is 0.667 bits per heavy atom. The van der Waals surface area contributed by atoms with Crippen molar-refractivity contribution in [3.8, 4) is 0 Å². The lowest BCUT2D eigenvalue weighted by Gasteiger charge is -2.29. The van der Waals surface area contributed by atoms with Crippen molar-refractivity contribution in [3.63, 3.8) is 0 Å². The molecule has 13 nitrogen and oxygen atoms in total. The first-order chi connectivity index (χ1) is 12.9. The fourth-order valence-electron chi connectivity index (χ4n) is 1.45. The van der Waals surface area contributed by atoms with Crippen molar-refractivity contribution in [3.05, 3.63) is 0 Å². The number of hydrogen-bond donors (Lipinski definition) is 3. The Bertz CT molecular complexity index is 675. The molecule has 0 aliphatic carbocycles. The van der Waals surface area contributed by atoms with Crippen LogP contribution >= 0.6 is 0 Å². The molecule has 0 atom stereocenters. The second kappa shape index (κ2) is 16.2. The van der Waals surface area contributed by atoms with Crippen molar-refractivity contribution in [1.29, 1.82) is 0 Å². The summed E-state index contributed by atoms with van der Waals surface area (Å²) in [5.74, 6) is 0. The van der Waals surface area contributed by atoms with E-state index in [0.29, 0.717) is 6.54 Å². The second-order valence-corrected chi connectivity index (χ2v) is 10.9. The molecule has 0 aliphatic rings. The lowest BCUT2D eigenvalue weighted by molar-refractivity contribution is -0.890. The summed E-state index contributed by atoms with van der Waals surface area (Å²) in [6.45, 7) is 9.26. The van der Waals surface area contributed by atoms with Gasteiger partial charge in [-0.25, -0.2) is 21.4 Å². The third-order valence-electron chi connectivity index (χ3n) is 3.62. The first kappa shape index (κ1) is 36.9. The predicted octanol–water partition coefficient (Wildman–Crippen LogP) is 0.558. The van der Waals surface area contributed by atoms with E-state index in [1.54, 1.807) is 6.92 Å². The molecule has 0 heterocycles. The molecule has 3 N–H and O–H groups in total. The van der Waals surface area contributed by atoms with Gasteiger partial charge >= 0.3 is 10.3 Å². The van der Waals surface area contributed by atoms with Gasteiger partial charge in [-0.1, -0.05) is 26.7 Å². The molecule has 0 saturated heterocycles. The fourth-order valence-corrected chi connectivity index (χ4v) is 1.77. The van der Waals surface area contributed by atoms with Gasteiger partial charge in [0.2, 0.25) is 20.8 Å². The van der Waals surface area contributed by atoms with E-state index >= 15 is 0 Å². The molecule has 188 valence electrons. The van der Waals surface area contributed by atoms with Gasteiger partial charge in [0.1, 0.15) is 0 Å². The Morgan fingerprint density at radius 2 is 0.900 bits per heavy atom. The molecule has 16 heteroatoms. The maximum absolute atomic E-state index is 10.4. The minimum atomic E-state index is -4.92. The normalized spacial score (nSPS) is 12.4. The molecule has 0 aliphatic heterocycles. The highest BCUT2D eigenvalue weighted by atomic mass is 32.3. The Balaban J connectivity index is -0.000000160. The highest BCUT2D eigenvalue weighted by molar-refractivity contribution is 7.80. The maximum atomic E-state index is 10.4. The van der Waals surface area contributed by atoms with Crippen molar-refractivity contribution >= 4 is 31.1 Å². The summed E-state index contributed by atoms with van der Waals surface area (Å²) in [5.41, 5.74) is 0. The van der Waals surface area contributed by atoms with E-state index in [0.717, 1.165) is 0 Å². The zero-order valence-electron chi connectivity index (χ0n) is 18.7. The van der Waals surface area contributed by atoms with Gasteiger partial charge in [-0.15, -0.1) is 8.42 Å². The zero-order chi connectivity index (χ0) is 25.4. The van der Waals surface area contributed by atoms with E-state index in [1.165, 1.54) is 57.4 Å². The SMILES string of the molecule is CCCC[N+](C)(C)CCCC.CC[N+](C)(C)S(=O)(=O)O.O=S(=O)([O-])O.O=S(=O)([O-])O. The summed E-state index contributed by atoms with van der Waals surface area (Å²) < 4.78 is 95.8. The third-order valence-corrected chi connectivity index (χ3v) is 5.13. The van der Waals surface area contributed by atoms with E-state index in [9.17, 15) is 8.42 Å². The van der Waals surface area contributed by atoms with Crippen molar-refractivity contribution in [2.45, 2.75) is 46.5 Å². The number of hydrogen-bond acceptors (Lipinski definition) is 8. The van der Waals surface area contributed by atoms with E-state index in [2.05, 4.69) is 27.9 Å². The van der Waals surface area contributed by atoms with Gasteiger partial charge in [0.25, 0.3) is 0 Å². The molecular weight excluding hydrogens is 468 g/mol. The smallest absolute Gasteiger partial charge is 0.432 e. The Hall–Kier alpha value is -0.430. The molecule has 0 amide bonds. The average molecular weight is 507 g/mol. The minimum Gasteiger partial charge on any atom is -0.726 e. The Labute approximate surface area is 181 Å². The van der Waals surface area contributed by atoms with Crippen LogP contribution in [-0.2, 0) is 31.1 Å². The van der Waals surface area contributed by atoms with Crippen LogP contribution in [0.25, 0.3) is 0 Å². The molecule has 0 fully saturated rings. The zero-order valence-corrected chi connectivity index (χ0v) is 21.1. The first-order valence-corrected chi connectivity index (χ1v) is 13.0. The summed E-state index contributed by atoms with van der Waals surface area (Å²) in [5, 5.41) is 0. The average Bonchev–Trinajstić information content (AvgIpc) is 2.47. The predicted molar refractivity (Wildman–Crippen MR) is 111 cm³/mol. The van der Waals surface area contributed by atoms with Gasteiger partial charge in [-0.05, 0) is 19.8 Å². The minimum absolute atomic E-state index is 0.360. The van der Waals surface area contributed by atoms with Gasteiger partial charge < -0.3 is 13.6 Å². The van der Waals surface area contributed by atoms with Crippen LogP contribution in [0.1, 0.15) is 46.5 Å². The van der Waals surface area contributed by atoms with Crippen LogP contribution in [0.5, 0.6) is 0 Å². The fraction of sp³-hybridized carbons (Fsp3) is 1.00. The molecule has 0 rings (SSSR count). The van der Waals surface area contributed by atoms with Crippen molar-refractivity contribution in [2.24, 2.45) is 0 Å². The van der Waals surface area contributed by atoms with Crippen LogP contribution in [0.15, 0.2) is 0 Å². The lowest BCUT2D eigenvalue weighted by Crippen LogP contribution is -2.44. The van der Waals surface area contributed by atoms with Gasteiger partial charge in [-0.3, -0.25) is 9.11 Å². The molecule has 0 saturated carbocycles. The van der Waals surface area contributed by atoms with Crippen molar-refractivity contribution < 1.29 is 56.4 Å². The van der Waals surface area contributed by atoms with Gasteiger partial charge in [-0.2, -0.15) is 3.89 Å². The molecule has 0 aromatic carbocycles. The Kier molecular flexibility index (Phi) is 20.0. The lowest BCUT2D eigenvalue weighted by atomic mass is 10.2. The highest BCUT2D eigenvalue weighted by Crippen LogP contribution is 2.04. The van der Waals surface area contributed by atoms with Gasteiger partial charge in [0, 0.05) is 0 Å². The summed E-state index contributed by atoms with van der Waals surface area (Å²) in [7, 11) is -6.22. The van der Waals surface area contributed by atoms with Crippen LogP contribution in [0.3, 0.4) is 0 Å². The number of rotatable bonds is 8. The molecule has 0 unspecified atom stereocenters. The van der Waals surface area contributed by atoms with Gasteiger partial charge in [0.15, 0.2) is 0 Å². The summed E-state index contributed by atoms with van der Waals surface area (Å²) >= 11 is 0. The molecule has 30 heavy (non-hydrogen) atoms. The van der Waals surface area contributed by atoms with Gasteiger partial charge in [0.05, 0.1) is 47.8 Å². The van der Waals surface area contributed by atoms with Crippen LogP contribution in [0.2, 0.25) is 0 Å². The first-order valence-electron chi connectivity index (χ1n) is 8.92. The standard InChI is InChI=1S/C10H24N.C4H11NO3S.2H2O4S/c1-5-7-9-11(3,4)10-8-6-2;1-4-5(2,3)9(6,7)8;2*1-5(2,3)4/h5-10H2,1-4H3;4H2,1-3H3;2*(H2,1,2,3,4)/q+1;;;/p-1. The third kappa shape index (κ3) is 41.8. The summed E-state index contributed by atoms with van der Waals surface area (Å²) in [6, 6.07) is 0.